The standard InChI is InChI=1S/C14H8N2O4/c17-13-4-2-9-1-3-10(7-12(9)20-13)19-14(18)11-8-15-5-6-16-11/h1-8H. The van der Waals surface area contributed by atoms with Gasteiger partial charge in [-0.1, -0.05) is 0 Å². The van der Waals surface area contributed by atoms with E-state index in [0.717, 1.165) is 5.39 Å². The number of hydrogen-bond donors (Lipinski definition) is 0. The molecule has 2 heterocycles. The average Bonchev–Trinajstić information content (AvgIpc) is 2.47. The molecule has 0 radical (unpaired) electrons. The number of aromatic nitrogens is 2. The molecule has 20 heavy (non-hydrogen) atoms. The van der Waals surface area contributed by atoms with E-state index in [1.54, 1.807) is 18.2 Å². The van der Waals surface area contributed by atoms with Gasteiger partial charge in [0.1, 0.15) is 11.3 Å². The van der Waals surface area contributed by atoms with Crippen LogP contribution in [-0.2, 0) is 0 Å². The molecule has 0 aliphatic carbocycles. The van der Waals surface area contributed by atoms with Crippen LogP contribution in [0.3, 0.4) is 0 Å². The number of esters is 1. The summed E-state index contributed by atoms with van der Waals surface area (Å²) in [6, 6.07) is 7.74. The molecule has 0 spiro atoms. The maximum atomic E-state index is 11.8. The van der Waals surface area contributed by atoms with Crippen LogP contribution in [0, 0.1) is 0 Å². The summed E-state index contributed by atoms with van der Waals surface area (Å²) < 4.78 is 10.2. The van der Waals surface area contributed by atoms with Crippen LogP contribution in [0.5, 0.6) is 5.75 Å². The molecule has 0 saturated carbocycles. The van der Waals surface area contributed by atoms with Gasteiger partial charge in [-0.15, -0.1) is 0 Å². The first-order valence-electron chi connectivity index (χ1n) is 5.74. The molecule has 0 aliphatic rings. The van der Waals surface area contributed by atoms with Gasteiger partial charge in [0.25, 0.3) is 0 Å². The van der Waals surface area contributed by atoms with Gasteiger partial charge in [-0.25, -0.2) is 14.6 Å². The van der Waals surface area contributed by atoms with Crippen molar-refractivity contribution in [2.45, 2.75) is 0 Å². The summed E-state index contributed by atoms with van der Waals surface area (Å²) >= 11 is 0. The fraction of sp³-hybridized carbons (Fsp3) is 0. The molecule has 0 atom stereocenters. The summed E-state index contributed by atoms with van der Waals surface area (Å²) in [5.41, 5.74) is -0.0149. The normalized spacial score (nSPS) is 10.4. The van der Waals surface area contributed by atoms with Crippen molar-refractivity contribution in [3.8, 4) is 5.75 Å². The fourth-order valence-corrected chi connectivity index (χ4v) is 1.67. The molecule has 0 N–H and O–H groups in total. The van der Waals surface area contributed by atoms with E-state index in [2.05, 4.69) is 9.97 Å². The van der Waals surface area contributed by atoms with E-state index in [-0.39, 0.29) is 11.4 Å². The zero-order chi connectivity index (χ0) is 13.9. The largest absolute Gasteiger partial charge is 0.423 e. The Morgan fingerprint density at radius 3 is 2.80 bits per heavy atom. The third kappa shape index (κ3) is 2.39. The summed E-state index contributed by atoms with van der Waals surface area (Å²) in [5.74, 6) is -0.363. The summed E-state index contributed by atoms with van der Waals surface area (Å²) in [7, 11) is 0. The summed E-state index contributed by atoms with van der Waals surface area (Å²) in [6.07, 6.45) is 4.17. The van der Waals surface area contributed by atoms with Gasteiger partial charge in [0.05, 0.1) is 6.20 Å². The van der Waals surface area contributed by atoms with Gasteiger partial charge in [-0.2, -0.15) is 0 Å². The van der Waals surface area contributed by atoms with Crippen LogP contribution >= 0.6 is 0 Å². The molecule has 0 bridgehead atoms. The Labute approximate surface area is 112 Å². The Bertz CT molecular complexity index is 827. The molecule has 0 aliphatic heterocycles. The van der Waals surface area contributed by atoms with Gasteiger partial charge in [-0.3, -0.25) is 4.98 Å². The average molecular weight is 268 g/mol. The first kappa shape index (κ1) is 12.0. The van der Waals surface area contributed by atoms with Gasteiger partial charge in [0.15, 0.2) is 5.69 Å². The van der Waals surface area contributed by atoms with Crippen molar-refractivity contribution in [2.75, 3.05) is 0 Å². The van der Waals surface area contributed by atoms with Crippen LogP contribution in [-0.4, -0.2) is 15.9 Å². The van der Waals surface area contributed by atoms with Crippen molar-refractivity contribution in [3.63, 3.8) is 0 Å². The molecule has 6 nitrogen and oxygen atoms in total. The van der Waals surface area contributed by atoms with Crippen molar-refractivity contribution in [2.24, 2.45) is 0 Å². The van der Waals surface area contributed by atoms with E-state index in [0.29, 0.717) is 5.58 Å². The number of carbonyl (C=O) groups is 1. The van der Waals surface area contributed by atoms with E-state index < -0.39 is 11.6 Å². The number of nitrogens with zero attached hydrogens (tertiary/aromatic N) is 2. The number of ether oxygens (including phenoxy) is 1. The first-order chi connectivity index (χ1) is 9.72. The van der Waals surface area contributed by atoms with E-state index in [1.807, 2.05) is 0 Å². The molecule has 3 rings (SSSR count). The lowest BCUT2D eigenvalue weighted by molar-refractivity contribution is 0.0728. The maximum absolute atomic E-state index is 11.8. The monoisotopic (exact) mass is 268 g/mol. The second-order valence-electron chi connectivity index (χ2n) is 3.93. The lowest BCUT2D eigenvalue weighted by Crippen LogP contribution is -2.10. The summed E-state index contributed by atoms with van der Waals surface area (Å²) in [6.45, 7) is 0. The summed E-state index contributed by atoms with van der Waals surface area (Å²) in [5, 5.41) is 0.740. The lowest BCUT2D eigenvalue weighted by atomic mass is 10.2. The Morgan fingerprint density at radius 1 is 1.15 bits per heavy atom. The van der Waals surface area contributed by atoms with E-state index in [9.17, 15) is 9.59 Å². The van der Waals surface area contributed by atoms with Crippen LogP contribution in [0.25, 0.3) is 11.0 Å². The Morgan fingerprint density at radius 2 is 2.00 bits per heavy atom. The topological polar surface area (TPSA) is 82.3 Å². The maximum Gasteiger partial charge on any atom is 0.363 e. The third-order valence-corrected chi connectivity index (χ3v) is 2.58. The van der Waals surface area contributed by atoms with Crippen molar-refractivity contribution in [3.05, 3.63) is 65.0 Å². The predicted molar refractivity (Wildman–Crippen MR) is 69.5 cm³/mol. The number of fused-ring (bicyclic) bond motifs is 1. The molecule has 98 valence electrons. The van der Waals surface area contributed by atoms with Gasteiger partial charge in [-0.05, 0) is 18.2 Å². The molecule has 6 heteroatoms. The Hall–Kier alpha value is -3.02. The number of hydrogen-bond acceptors (Lipinski definition) is 6. The van der Waals surface area contributed by atoms with Crippen molar-refractivity contribution in [1.82, 2.24) is 9.97 Å². The van der Waals surface area contributed by atoms with E-state index in [4.69, 9.17) is 9.15 Å². The molecule has 0 amide bonds. The van der Waals surface area contributed by atoms with Crippen molar-refractivity contribution in [1.29, 1.82) is 0 Å². The SMILES string of the molecule is O=C(Oc1ccc2ccc(=O)oc2c1)c1cnccn1. The van der Waals surface area contributed by atoms with Gasteiger partial charge in [0.2, 0.25) is 0 Å². The molecule has 3 aromatic rings. The molecular weight excluding hydrogens is 260 g/mol. The summed E-state index contributed by atoms with van der Waals surface area (Å²) in [4.78, 5) is 30.6. The number of benzene rings is 1. The van der Waals surface area contributed by atoms with Crippen LogP contribution in [0.15, 0.2) is 58.1 Å². The van der Waals surface area contributed by atoms with Gasteiger partial charge in [0, 0.05) is 29.9 Å². The minimum Gasteiger partial charge on any atom is -0.423 e. The van der Waals surface area contributed by atoms with Gasteiger partial charge < -0.3 is 9.15 Å². The van der Waals surface area contributed by atoms with E-state index in [1.165, 1.54) is 30.7 Å². The van der Waals surface area contributed by atoms with Crippen molar-refractivity contribution >= 4 is 16.9 Å². The quantitative estimate of drug-likeness (QED) is 0.400. The van der Waals surface area contributed by atoms with Crippen molar-refractivity contribution < 1.29 is 13.9 Å². The second kappa shape index (κ2) is 4.93. The minimum atomic E-state index is -0.629. The van der Waals surface area contributed by atoms with Crippen LogP contribution < -0.4 is 10.4 Å². The highest BCUT2D eigenvalue weighted by atomic mass is 16.5. The molecule has 0 saturated heterocycles. The van der Waals surface area contributed by atoms with Crippen LogP contribution in [0.2, 0.25) is 0 Å². The van der Waals surface area contributed by atoms with Crippen LogP contribution in [0.4, 0.5) is 0 Å². The highest BCUT2D eigenvalue weighted by Gasteiger charge is 2.10. The number of carbonyl (C=O) groups excluding carboxylic acids is 1. The highest BCUT2D eigenvalue weighted by molar-refractivity contribution is 5.89. The Balaban J connectivity index is 1.91. The molecule has 0 unspecified atom stereocenters. The smallest absolute Gasteiger partial charge is 0.363 e. The predicted octanol–water partition coefficient (Wildman–Crippen LogP) is 1.80. The molecular formula is C14H8N2O4. The Kier molecular flexibility index (Phi) is 2.96. The zero-order valence-corrected chi connectivity index (χ0v) is 10.1. The highest BCUT2D eigenvalue weighted by Crippen LogP contribution is 2.20. The van der Waals surface area contributed by atoms with E-state index >= 15 is 0 Å². The fourth-order valence-electron chi connectivity index (χ4n) is 1.67. The molecule has 2 aromatic heterocycles. The minimum absolute atomic E-state index is 0.0992. The van der Waals surface area contributed by atoms with Crippen LogP contribution in [0.1, 0.15) is 10.5 Å². The second-order valence-corrected chi connectivity index (χ2v) is 3.93. The van der Waals surface area contributed by atoms with Gasteiger partial charge >= 0.3 is 11.6 Å². The first-order valence-corrected chi connectivity index (χ1v) is 5.74. The zero-order valence-electron chi connectivity index (χ0n) is 10.1. The lowest BCUT2D eigenvalue weighted by Gasteiger charge is -2.04. The third-order valence-electron chi connectivity index (χ3n) is 2.58. The number of rotatable bonds is 2. The molecule has 1 aromatic carbocycles. The molecule has 0 fully saturated rings.